The van der Waals surface area contributed by atoms with E-state index in [2.05, 4.69) is 10.6 Å². The molecule has 28 heavy (non-hydrogen) atoms. The fourth-order valence-electron chi connectivity index (χ4n) is 2.43. The molecule has 1 atom stereocenters. The Morgan fingerprint density at radius 1 is 1.21 bits per heavy atom. The van der Waals surface area contributed by atoms with Gasteiger partial charge in [0.1, 0.15) is 11.6 Å². The number of nitrogen functional groups attached to an aromatic ring is 1. The molecule has 1 unspecified atom stereocenters. The van der Waals surface area contributed by atoms with E-state index in [1.807, 2.05) is 12.1 Å². The van der Waals surface area contributed by atoms with Crippen LogP contribution in [-0.2, 0) is 4.79 Å². The zero-order valence-electron chi connectivity index (χ0n) is 15.7. The summed E-state index contributed by atoms with van der Waals surface area (Å²) in [5.74, 6) is 0.618. The molecule has 0 saturated heterocycles. The predicted molar refractivity (Wildman–Crippen MR) is 109 cm³/mol. The van der Waals surface area contributed by atoms with Crippen molar-refractivity contribution >= 4 is 28.9 Å². The molecule has 0 heterocycles. The molecule has 2 rings (SSSR count). The van der Waals surface area contributed by atoms with Gasteiger partial charge in [-0.15, -0.1) is 0 Å². The lowest BCUT2D eigenvalue weighted by atomic mass is 10.1. The van der Waals surface area contributed by atoms with E-state index in [4.69, 9.17) is 26.8 Å². The Morgan fingerprint density at radius 2 is 1.93 bits per heavy atom. The van der Waals surface area contributed by atoms with E-state index in [0.717, 1.165) is 5.56 Å². The van der Waals surface area contributed by atoms with Gasteiger partial charge >= 0.3 is 0 Å². The minimum atomic E-state index is -0.524. The minimum absolute atomic E-state index is 0.0970. The van der Waals surface area contributed by atoms with Crippen LogP contribution < -0.4 is 25.8 Å². The molecule has 8 heteroatoms. The first kappa shape index (κ1) is 20.9. The Balaban J connectivity index is 2.11. The van der Waals surface area contributed by atoms with Gasteiger partial charge in [0.05, 0.1) is 31.0 Å². The standard InChI is InChI=1S/C20H21ClN4O3/c1-12(13-4-7-18(27-2)19(8-13)28-3)25-20(26)14(10-22)11-24-17-6-5-15(23)9-16(17)21/h4-9,11-12,24H,23H2,1-3H3,(H,25,26)/b14-11-. The molecule has 4 N–H and O–H groups in total. The van der Waals surface area contributed by atoms with Crippen LogP contribution in [0.25, 0.3) is 0 Å². The van der Waals surface area contributed by atoms with Crippen LogP contribution in [0.5, 0.6) is 11.5 Å². The second-order valence-electron chi connectivity index (χ2n) is 5.86. The second kappa shape index (κ2) is 9.53. The summed E-state index contributed by atoms with van der Waals surface area (Å²) in [5.41, 5.74) is 7.40. The summed E-state index contributed by atoms with van der Waals surface area (Å²) < 4.78 is 10.5. The van der Waals surface area contributed by atoms with E-state index in [-0.39, 0.29) is 11.6 Å². The van der Waals surface area contributed by atoms with Crippen LogP contribution in [0, 0.1) is 11.3 Å². The van der Waals surface area contributed by atoms with Gasteiger partial charge in [-0.3, -0.25) is 4.79 Å². The highest BCUT2D eigenvalue weighted by molar-refractivity contribution is 6.33. The molecule has 0 aliphatic carbocycles. The first-order valence-corrected chi connectivity index (χ1v) is 8.72. The van der Waals surface area contributed by atoms with Gasteiger partial charge in [-0.05, 0) is 42.8 Å². The first-order chi connectivity index (χ1) is 13.4. The van der Waals surface area contributed by atoms with Gasteiger partial charge in [0.15, 0.2) is 11.5 Å². The SMILES string of the molecule is COc1ccc(C(C)NC(=O)/C(C#N)=C\Nc2ccc(N)cc2Cl)cc1OC. The number of rotatable bonds is 7. The van der Waals surface area contributed by atoms with Crippen molar-refractivity contribution in [2.45, 2.75) is 13.0 Å². The van der Waals surface area contributed by atoms with Crippen molar-refractivity contribution in [3.8, 4) is 17.6 Å². The molecule has 2 aromatic rings. The van der Waals surface area contributed by atoms with E-state index >= 15 is 0 Å². The number of amides is 1. The number of carbonyl (C=O) groups is 1. The van der Waals surface area contributed by atoms with E-state index in [1.165, 1.54) is 13.3 Å². The third-order valence-corrected chi connectivity index (χ3v) is 4.30. The van der Waals surface area contributed by atoms with Crippen molar-refractivity contribution in [3.05, 3.63) is 58.8 Å². The fourth-order valence-corrected chi connectivity index (χ4v) is 2.67. The molecule has 2 aromatic carbocycles. The van der Waals surface area contributed by atoms with E-state index in [1.54, 1.807) is 44.4 Å². The Kier molecular flexibility index (Phi) is 7.13. The van der Waals surface area contributed by atoms with Gasteiger partial charge in [-0.25, -0.2) is 0 Å². The third-order valence-electron chi connectivity index (χ3n) is 3.99. The summed E-state index contributed by atoms with van der Waals surface area (Å²) in [4.78, 5) is 12.4. The topological polar surface area (TPSA) is 109 Å². The van der Waals surface area contributed by atoms with Crippen LogP contribution in [0.3, 0.4) is 0 Å². The van der Waals surface area contributed by atoms with Crippen LogP contribution in [0.4, 0.5) is 11.4 Å². The third kappa shape index (κ3) is 5.09. The van der Waals surface area contributed by atoms with Crippen LogP contribution in [0.1, 0.15) is 18.5 Å². The predicted octanol–water partition coefficient (Wildman–Crippen LogP) is 3.64. The summed E-state index contributed by atoms with van der Waals surface area (Å²) in [6.45, 7) is 1.80. The number of ether oxygens (including phenoxy) is 2. The molecule has 0 saturated carbocycles. The number of nitrogens with one attached hydrogen (secondary N) is 2. The molecule has 0 fully saturated rings. The maximum Gasteiger partial charge on any atom is 0.263 e. The summed E-state index contributed by atoms with van der Waals surface area (Å²) in [7, 11) is 3.09. The van der Waals surface area contributed by atoms with Gasteiger partial charge in [0.2, 0.25) is 0 Å². The van der Waals surface area contributed by atoms with Crippen molar-refractivity contribution in [2.24, 2.45) is 0 Å². The molecule has 0 aromatic heterocycles. The Morgan fingerprint density at radius 3 is 2.54 bits per heavy atom. The highest BCUT2D eigenvalue weighted by atomic mass is 35.5. The molecule has 0 aliphatic rings. The normalized spacial score (nSPS) is 11.9. The quantitative estimate of drug-likeness (QED) is 0.372. The molecular formula is C20H21ClN4O3. The molecule has 0 aliphatic heterocycles. The van der Waals surface area contributed by atoms with Gasteiger partial charge in [0.25, 0.3) is 5.91 Å². The zero-order chi connectivity index (χ0) is 20.7. The highest BCUT2D eigenvalue weighted by Crippen LogP contribution is 2.30. The molecule has 0 radical (unpaired) electrons. The number of nitriles is 1. The molecule has 7 nitrogen and oxygen atoms in total. The maximum absolute atomic E-state index is 12.4. The van der Waals surface area contributed by atoms with Gasteiger partial charge in [0, 0.05) is 11.9 Å². The molecule has 1 amide bonds. The van der Waals surface area contributed by atoms with Crippen molar-refractivity contribution < 1.29 is 14.3 Å². The molecular weight excluding hydrogens is 380 g/mol. The zero-order valence-corrected chi connectivity index (χ0v) is 16.5. The Bertz CT molecular complexity index is 938. The summed E-state index contributed by atoms with van der Waals surface area (Å²) in [6, 6.07) is 11.7. The van der Waals surface area contributed by atoms with Crippen LogP contribution in [0.2, 0.25) is 5.02 Å². The van der Waals surface area contributed by atoms with Crippen molar-refractivity contribution in [1.82, 2.24) is 5.32 Å². The number of hydrogen-bond acceptors (Lipinski definition) is 6. The number of anilines is 2. The summed E-state index contributed by atoms with van der Waals surface area (Å²) in [5, 5.41) is 15.3. The number of methoxy groups -OCH3 is 2. The second-order valence-corrected chi connectivity index (χ2v) is 6.27. The number of benzene rings is 2. The lowest BCUT2D eigenvalue weighted by molar-refractivity contribution is -0.117. The van der Waals surface area contributed by atoms with Crippen molar-refractivity contribution in [2.75, 3.05) is 25.3 Å². The average Bonchev–Trinajstić information content (AvgIpc) is 2.69. The first-order valence-electron chi connectivity index (χ1n) is 8.34. The van der Waals surface area contributed by atoms with Crippen LogP contribution in [-0.4, -0.2) is 20.1 Å². The van der Waals surface area contributed by atoms with Gasteiger partial charge in [-0.1, -0.05) is 17.7 Å². The minimum Gasteiger partial charge on any atom is -0.493 e. The molecule has 0 spiro atoms. The summed E-state index contributed by atoms with van der Waals surface area (Å²) in [6.07, 6.45) is 1.30. The number of halogens is 1. The Labute approximate surface area is 168 Å². The molecule has 0 bridgehead atoms. The number of nitrogens with two attached hydrogens (primary N) is 1. The van der Waals surface area contributed by atoms with E-state index in [9.17, 15) is 10.1 Å². The number of carbonyl (C=O) groups excluding carboxylic acids is 1. The lowest BCUT2D eigenvalue weighted by Crippen LogP contribution is -2.28. The average molecular weight is 401 g/mol. The fraction of sp³-hybridized carbons (Fsp3) is 0.200. The Hall–Kier alpha value is -3.37. The smallest absolute Gasteiger partial charge is 0.263 e. The van der Waals surface area contributed by atoms with E-state index < -0.39 is 5.91 Å². The van der Waals surface area contributed by atoms with Crippen molar-refractivity contribution in [1.29, 1.82) is 5.26 Å². The van der Waals surface area contributed by atoms with Crippen LogP contribution in [0.15, 0.2) is 48.2 Å². The van der Waals surface area contributed by atoms with Gasteiger partial charge < -0.3 is 25.8 Å². The van der Waals surface area contributed by atoms with Gasteiger partial charge in [-0.2, -0.15) is 5.26 Å². The number of hydrogen-bond donors (Lipinski definition) is 3. The number of nitrogens with zero attached hydrogens (tertiary/aromatic N) is 1. The van der Waals surface area contributed by atoms with E-state index in [0.29, 0.717) is 27.9 Å². The monoisotopic (exact) mass is 400 g/mol. The lowest BCUT2D eigenvalue weighted by Gasteiger charge is -2.16. The maximum atomic E-state index is 12.4. The largest absolute Gasteiger partial charge is 0.493 e. The summed E-state index contributed by atoms with van der Waals surface area (Å²) >= 11 is 6.08. The molecule has 146 valence electrons. The van der Waals surface area contributed by atoms with Crippen molar-refractivity contribution in [3.63, 3.8) is 0 Å². The van der Waals surface area contributed by atoms with Crippen LogP contribution >= 0.6 is 11.6 Å². The highest BCUT2D eigenvalue weighted by Gasteiger charge is 2.16.